The molecule has 0 N–H and O–H groups in total. The van der Waals surface area contributed by atoms with E-state index in [2.05, 4.69) is 0 Å². The summed E-state index contributed by atoms with van der Waals surface area (Å²) in [7, 11) is 3.50. The Hall–Kier alpha value is -1.88. The van der Waals surface area contributed by atoms with Crippen molar-refractivity contribution in [3.8, 4) is 5.75 Å². The van der Waals surface area contributed by atoms with Crippen molar-refractivity contribution in [1.82, 2.24) is 4.90 Å². The van der Waals surface area contributed by atoms with Crippen LogP contribution in [0.1, 0.15) is 25.3 Å². The number of ketones is 1. The van der Waals surface area contributed by atoms with Crippen molar-refractivity contribution in [3.05, 3.63) is 29.8 Å². The second-order valence-electron chi connectivity index (χ2n) is 4.83. The molecule has 0 radical (unpaired) electrons. The third-order valence-corrected chi connectivity index (χ3v) is 2.99. The van der Waals surface area contributed by atoms with E-state index in [4.69, 9.17) is 9.47 Å². The minimum Gasteiger partial charge on any atom is -0.496 e. The Labute approximate surface area is 125 Å². The highest BCUT2D eigenvalue weighted by Gasteiger charge is 2.12. The Morgan fingerprint density at radius 3 is 2.57 bits per heavy atom. The summed E-state index contributed by atoms with van der Waals surface area (Å²) in [6.07, 6.45) is 0.365. The fourth-order valence-corrected chi connectivity index (χ4v) is 2.04. The number of methoxy groups -OCH3 is 1. The number of esters is 1. The summed E-state index contributed by atoms with van der Waals surface area (Å²) in [4.78, 5) is 24.9. The van der Waals surface area contributed by atoms with E-state index in [1.807, 2.05) is 36.2 Å². The minimum absolute atomic E-state index is 0.0282. The lowest BCUT2D eigenvalue weighted by molar-refractivity contribution is -0.144. The smallest absolute Gasteiger partial charge is 0.306 e. The maximum atomic E-state index is 11.8. The number of carbonyl (C=O) groups is 2. The summed E-state index contributed by atoms with van der Waals surface area (Å²) in [6, 6.07) is 7.71. The van der Waals surface area contributed by atoms with E-state index in [1.54, 1.807) is 14.0 Å². The summed E-state index contributed by atoms with van der Waals surface area (Å²) < 4.78 is 10.1. The average Bonchev–Trinajstić information content (AvgIpc) is 2.46. The summed E-state index contributed by atoms with van der Waals surface area (Å²) in [6.45, 7) is 3.02. The van der Waals surface area contributed by atoms with Crippen LogP contribution in [0.3, 0.4) is 0 Å². The van der Waals surface area contributed by atoms with Crippen molar-refractivity contribution >= 4 is 11.8 Å². The lowest BCUT2D eigenvalue weighted by atomic mass is 10.1. The van der Waals surface area contributed by atoms with Gasteiger partial charge in [-0.05, 0) is 20.0 Å². The number of carbonyl (C=O) groups excluding carboxylic acids is 2. The van der Waals surface area contributed by atoms with E-state index < -0.39 is 0 Å². The van der Waals surface area contributed by atoms with Crippen LogP contribution in [0.25, 0.3) is 0 Å². The normalized spacial score (nSPS) is 10.5. The predicted octanol–water partition coefficient (Wildman–Crippen LogP) is 2.04. The highest BCUT2D eigenvalue weighted by Crippen LogP contribution is 2.18. The first-order valence-electron chi connectivity index (χ1n) is 7.04. The van der Waals surface area contributed by atoms with Crippen molar-refractivity contribution in [2.75, 3.05) is 27.3 Å². The molecule has 0 amide bonds. The van der Waals surface area contributed by atoms with Gasteiger partial charge < -0.3 is 9.47 Å². The van der Waals surface area contributed by atoms with Crippen LogP contribution in [0.5, 0.6) is 5.75 Å². The van der Waals surface area contributed by atoms with Crippen LogP contribution in [-0.2, 0) is 20.9 Å². The largest absolute Gasteiger partial charge is 0.496 e. The third-order valence-electron chi connectivity index (χ3n) is 2.99. The Morgan fingerprint density at radius 2 is 1.90 bits per heavy atom. The number of hydrogen-bond acceptors (Lipinski definition) is 5. The molecule has 1 rings (SSSR count). The van der Waals surface area contributed by atoms with Gasteiger partial charge in [0.05, 0.1) is 26.7 Å². The number of likely N-dealkylation sites (N-methyl/N-ethyl adjacent to an activating group) is 1. The van der Waals surface area contributed by atoms with Crippen molar-refractivity contribution < 1.29 is 19.1 Å². The molecule has 5 heteroatoms. The molecule has 0 atom stereocenters. The van der Waals surface area contributed by atoms with Gasteiger partial charge in [0.1, 0.15) is 11.5 Å². The molecule has 0 spiro atoms. The molecule has 0 aromatic heterocycles. The van der Waals surface area contributed by atoms with E-state index in [9.17, 15) is 9.59 Å². The third kappa shape index (κ3) is 6.40. The molecule has 0 aliphatic heterocycles. The van der Waals surface area contributed by atoms with Gasteiger partial charge in [0.25, 0.3) is 0 Å². The molecule has 0 saturated heterocycles. The van der Waals surface area contributed by atoms with Crippen molar-refractivity contribution in [2.45, 2.75) is 26.3 Å². The highest BCUT2D eigenvalue weighted by atomic mass is 16.5. The van der Waals surface area contributed by atoms with Gasteiger partial charge in [-0.1, -0.05) is 18.2 Å². The molecule has 116 valence electrons. The van der Waals surface area contributed by atoms with Gasteiger partial charge in [0.2, 0.25) is 0 Å². The van der Waals surface area contributed by atoms with Crippen LogP contribution >= 0.6 is 0 Å². The topological polar surface area (TPSA) is 55.8 Å². The van der Waals surface area contributed by atoms with Gasteiger partial charge in [-0.2, -0.15) is 0 Å². The van der Waals surface area contributed by atoms with Crippen LogP contribution in [0, 0.1) is 0 Å². The van der Waals surface area contributed by atoms with E-state index >= 15 is 0 Å². The zero-order valence-electron chi connectivity index (χ0n) is 12.9. The standard InChI is InChI=1S/C16H23NO4/c1-4-21-16(19)10-9-14(18)12-17(2)11-13-7-5-6-8-15(13)20-3/h5-8H,4,9-12H2,1-3H3. The molecule has 0 bridgehead atoms. The molecule has 0 saturated carbocycles. The molecule has 1 aromatic rings. The van der Waals surface area contributed by atoms with Gasteiger partial charge in [-0.3, -0.25) is 14.5 Å². The van der Waals surface area contributed by atoms with E-state index in [1.165, 1.54) is 0 Å². The molecule has 21 heavy (non-hydrogen) atoms. The summed E-state index contributed by atoms with van der Waals surface area (Å²) in [5.41, 5.74) is 1.03. The van der Waals surface area contributed by atoms with Gasteiger partial charge in [0, 0.05) is 18.5 Å². The van der Waals surface area contributed by atoms with Gasteiger partial charge in [-0.15, -0.1) is 0 Å². The molecule has 5 nitrogen and oxygen atoms in total. The maximum Gasteiger partial charge on any atom is 0.306 e. The summed E-state index contributed by atoms with van der Waals surface area (Å²) in [5, 5.41) is 0. The van der Waals surface area contributed by atoms with Crippen molar-refractivity contribution in [3.63, 3.8) is 0 Å². The number of para-hydroxylation sites is 1. The number of benzene rings is 1. The Morgan fingerprint density at radius 1 is 1.19 bits per heavy atom. The Balaban J connectivity index is 2.40. The molecule has 0 aliphatic rings. The molecule has 0 aliphatic carbocycles. The molecule has 0 heterocycles. The van der Waals surface area contributed by atoms with Gasteiger partial charge in [-0.25, -0.2) is 0 Å². The molecule has 0 unspecified atom stereocenters. The molecular formula is C16H23NO4. The van der Waals surface area contributed by atoms with Crippen LogP contribution in [0.15, 0.2) is 24.3 Å². The van der Waals surface area contributed by atoms with Crippen molar-refractivity contribution in [2.24, 2.45) is 0 Å². The van der Waals surface area contributed by atoms with Gasteiger partial charge in [0.15, 0.2) is 0 Å². The van der Waals surface area contributed by atoms with E-state index in [-0.39, 0.29) is 24.6 Å². The van der Waals surface area contributed by atoms with E-state index in [0.717, 1.165) is 11.3 Å². The number of nitrogens with zero attached hydrogens (tertiary/aromatic N) is 1. The van der Waals surface area contributed by atoms with Crippen LogP contribution in [0.4, 0.5) is 0 Å². The Kier molecular flexibility index (Phi) is 7.46. The minimum atomic E-state index is -0.321. The lowest BCUT2D eigenvalue weighted by Gasteiger charge is -2.17. The molecule has 1 aromatic carbocycles. The molecular weight excluding hydrogens is 270 g/mol. The molecule has 0 fully saturated rings. The highest BCUT2D eigenvalue weighted by molar-refractivity contribution is 5.84. The summed E-state index contributed by atoms with van der Waals surface area (Å²) >= 11 is 0. The monoisotopic (exact) mass is 293 g/mol. The first-order valence-corrected chi connectivity index (χ1v) is 7.04. The van der Waals surface area contributed by atoms with Gasteiger partial charge >= 0.3 is 5.97 Å². The van der Waals surface area contributed by atoms with Crippen molar-refractivity contribution in [1.29, 1.82) is 0 Å². The zero-order chi connectivity index (χ0) is 15.7. The fourth-order valence-electron chi connectivity index (χ4n) is 2.04. The number of Topliss-reactive ketones (excluding diaryl/α,β-unsaturated/α-hetero) is 1. The van der Waals surface area contributed by atoms with Crippen LogP contribution in [-0.4, -0.2) is 44.0 Å². The zero-order valence-corrected chi connectivity index (χ0v) is 12.9. The fraction of sp³-hybridized carbons (Fsp3) is 0.500. The second kappa shape index (κ2) is 9.13. The number of hydrogen-bond donors (Lipinski definition) is 0. The second-order valence-corrected chi connectivity index (χ2v) is 4.83. The predicted molar refractivity (Wildman–Crippen MR) is 80.2 cm³/mol. The SMILES string of the molecule is CCOC(=O)CCC(=O)CN(C)Cc1ccccc1OC. The summed E-state index contributed by atoms with van der Waals surface area (Å²) in [5.74, 6) is 0.516. The number of ether oxygens (including phenoxy) is 2. The first kappa shape index (κ1) is 17.2. The lowest BCUT2D eigenvalue weighted by Crippen LogP contribution is -2.26. The van der Waals surface area contributed by atoms with Crippen LogP contribution in [0.2, 0.25) is 0 Å². The quantitative estimate of drug-likeness (QED) is 0.652. The first-order chi connectivity index (χ1) is 10.1. The van der Waals surface area contributed by atoms with Crippen LogP contribution < -0.4 is 4.74 Å². The Bertz CT molecular complexity index is 473. The number of rotatable bonds is 9. The van der Waals surface area contributed by atoms with E-state index in [0.29, 0.717) is 19.7 Å². The maximum absolute atomic E-state index is 11.8. The average molecular weight is 293 g/mol.